The zero-order chi connectivity index (χ0) is 12.1. The Bertz CT molecular complexity index is 366. The maximum atomic E-state index is 11.5. The zero-order valence-electron chi connectivity index (χ0n) is 10.2. The molecule has 0 saturated carbocycles. The van der Waals surface area contributed by atoms with Crippen LogP contribution in [0.25, 0.3) is 0 Å². The van der Waals surface area contributed by atoms with Gasteiger partial charge in [-0.2, -0.15) is 0 Å². The first kappa shape index (κ1) is 12.1. The minimum Gasteiger partial charge on any atom is -0.462 e. The van der Waals surface area contributed by atoms with Gasteiger partial charge in [0.05, 0.1) is 12.2 Å². The normalized spacial score (nSPS) is 19.9. The second kappa shape index (κ2) is 5.82. The number of ether oxygens (including phenoxy) is 1. The van der Waals surface area contributed by atoms with Crippen molar-refractivity contribution in [1.82, 2.24) is 5.32 Å². The van der Waals surface area contributed by atoms with Gasteiger partial charge in [-0.05, 0) is 44.0 Å². The summed E-state index contributed by atoms with van der Waals surface area (Å²) >= 11 is 0. The van der Waals surface area contributed by atoms with Crippen LogP contribution in [0.1, 0.15) is 48.1 Å². The Labute approximate surface area is 102 Å². The summed E-state index contributed by atoms with van der Waals surface area (Å²) in [6.07, 6.45) is 3.72. The SMILES string of the molecule is CCOC(=O)c1ccc([C@H]2CCCCN2)cc1. The van der Waals surface area contributed by atoms with Crippen molar-refractivity contribution in [1.29, 1.82) is 0 Å². The topological polar surface area (TPSA) is 38.3 Å². The van der Waals surface area contributed by atoms with Crippen LogP contribution in [-0.4, -0.2) is 19.1 Å². The van der Waals surface area contributed by atoms with Crippen molar-refractivity contribution >= 4 is 5.97 Å². The number of nitrogens with one attached hydrogen (secondary N) is 1. The molecule has 2 rings (SSSR count). The molecule has 0 unspecified atom stereocenters. The highest BCUT2D eigenvalue weighted by molar-refractivity contribution is 5.89. The number of hydrogen-bond donors (Lipinski definition) is 1. The molecule has 0 aromatic heterocycles. The smallest absolute Gasteiger partial charge is 0.338 e. The summed E-state index contributed by atoms with van der Waals surface area (Å²) in [4.78, 5) is 11.5. The van der Waals surface area contributed by atoms with Gasteiger partial charge in [-0.15, -0.1) is 0 Å². The van der Waals surface area contributed by atoms with Crippen LogP contribution in [0, 0.1) is 0 Å². The van der Waals surface area contributed by atoms with Crippen molar-refractivity contribution in [2.75, 3.05) is 13.2 Å². The van der Waals surface area contributed by atoms with E-state index in [0.29, 0.717) is 18.2 Å². The second-order valence-corrected chi connectivity index (χ2v) is 4.34. The number of piperidine rings is 1. The number of rotatable bonds is 3. The summed E-state index contributed by atoms with van der Waals surface area (Å²) < 4.78 is 4.96. The number of carbonyl (C=O) groups is 1. The van der Waals surface area contributed by atoms with E-state index < -0.39 is 0 Å². The van der Waals surface area contributed by atoms with Gasteiger partial charge in [0.15, 0.2) is 0 Å². The van der Waals surface area contributed by atoms with E-state index >= 15 is 0 Å². The molecule has 0 radical (unpaired) electrons. The molecule has 17 heavy (non-hydrogen) atoms. The highest BCUT2D eigenvalue weighted by atomic mass is 16.5. The fourth-order valence-electron chi connectivity index (χ4n) is 2.20. The van der Waals surface area contributed by atoms with E-state index in [1.807, 2.05) is 31.2 Å². The molecule has 1 N–H and O–H groups in total. The van der Waals surface area contributed by atoms with E-state index in [4.69, 9.17) is 4.74 Å². The van der Waals surface area contributed by atoms with Crippen LogP contribution in [0.15, 0.2) is 24.3 Å². The molecule has 1 aliphatic rings. The van der Waals surface area contributed by atoms with Crippen molar-refractivity contribution in [2.24, 2.45) is 0 Å². The van der Waals surface area contributed by atoms with Crippen molar-refractivity contribution in [2.45, 2.75) is 32.2 Å². The molecule has 3 heteroatoms. The Balaban J connectivity index is 2.04. The Morgan fingerprint density at radius 1 is 1.35 bits per heavy atom. The van der Waals surface area contributed by atoms with Gasteiger partial charge in [0.25, 0.3) is 0 Å². The quantitative estimate of drug-likeness (QED) is 0.816. The lowest BCUT2D eigenvalue weighted by molar-refractivity contribution is 0.0526. The number of esters is 1. The van der Waals surface area contributed by atoms with Crippen LogP contribution in [0.2, 0.25) is 0 Å². The fraction of sp³-hybridized carbons (Fsp3) is 0.500. The van der Waals surface area contributed by atoms with E-state index in [1.54, 1.807) is 0 Å². The average molecular weight is 233 g/mol. The molecule has 3 nitrogen and oxygen atoms in total. The van der Waals surface area contributed by atoms with Gasteiger partial charge in [0.2, 0.25) is 0 Å². The second-order valence-electron chi connectivity index (χ2n) is 4.34. The predicted octanol–water partition coefficient (Wildman–Crippen LogP) is 2.68. The minimum atomic E-state index is -0.240. The van der Waals surface area contributed by atoms with Crippen LogP contribution in [0.4, 0.5) is 0 Å². The molecular formula is C14H19NO2. The van der Waals surface area contributed by atoms with Crippen LogP contribution in [0.3, 0.4) is 0 Å². The largest absolute Gasteiger partial charge is 0.462 e. The van der Waals surface area contributed by atoms with Crippen molar-refractivity contribution < 1.29 is 9.53 Å². The molecular weight excluding hydrogens is 214 g/mol. The Morgan fingerprint density at radius 3 is 2.71 bits per heavy atom. The van der Waals surface area contributed by atoms with Gasteiger partial charge in [-0.3, -0.25) is 0 Å². The van der Waals surface area contributed by atoms with Gasteiger partial charge >= 0.3 is 5.97 Å². The molecule has 1 atom stereocenters. The maximum absolute atomic E-state index is 11.5. The third-order valence-electron chi connectivity index (χ3n) is 3.13. The lowest BCUT2D eigenvalue weighted by Crippen LogP contribution is -2.26. The van der Waals surface area contributed by atoms with Gasteiger partial charge in [-0.1, -0.05) is 18.6 Å². The zero-order valence-corrected chi connectivity index (χ0v) is 10.2. The first-order valence-corrected chi connectivity index (χ1v) is 6.31. The number of carbonyl (C=O) groups excluding carboxylic acids is 1. The molecule has 92 valence electrons. The summed E-state index contributed by atoms with van der Waals surface area (Å²) in [5.74, 6) is -0.240. The Kier molecular flexibility index (Phi) is 4.15. The van der Waals surface area contributed by atoms with Crippen molar-refractivity contribution in [3.05, 3.63) is 35.4 Å². The van der Waals surface area contributed by atoms with Gasteiger partial charge in [0, 0.05) is 6.04 Å². The minimum absolute atomic E-state index is 0.240. The van der Waals surface area contributed by atoms with E-state index in [1.165, 1.54) is 24.8 Å². The molecule has 1 aromatic rings. The summed E-state index contributed by atoms with van der Waals surface area (Å²) in [6, 6.07) is 8.19. The van der Waals surface area contributed by atoms with Gasteiger partial charge < -0.3 is 10.1 Å². The molecule has 0 bridgehead atoms. The summed E-state index contributed by atoms with van der Waals surface area (Å²) in [5, 5.41) is 3.49. The lowest BCUT2D eigenvalue weighted by Gasteiger charge is -2.23. The summed E-state index contributed by atoms with van der Waals surface area (Å²) in [7, 11) is 0. The van der Waals surface area contributed by atoms with Crippen LogP contribution in [-0.2, 0) is 4.74 Å². The standard InChI is InChI=1S/C14H19NO2/c1-2-17-14(16)12-8-6-11(7-9-12)13-5-3-4-10-15-13/h6-9,13,15H,2-5,10H2,1H3/t13-/m1/s1. The van der Waals surface area contributed by atoms with Crippen LogP contribution >= 0.6 is 0 Å². The number of benzene rings is 1. The summed E-state index contributed by atoms with van der Waals surface area (Å²) in [6.45, 7) is 3.33. The Hall–Kier alpha value is -1.35. The highest BCUT2D eigenvalue weighted by Gasteiger charge is 2.15. The van der Waals surface area contributed by atoms with E-state index in [-0.39, 0.29) is 5.97 Å². The average Bonchev–Trinajstić information content (AvgIpc) is 2.40. The molecule has 0 amide bonds. The Morgan fingerprint density at radius 2 is 2.12 bits per heavy atom. The van der Waals surface area contributed by atoms with Gasteiger partial charge in [-0.25, -0.2) is 4.79 Å². The lowest BCUT2D eigenvalue weighted by atomic mass is 9.97. The fourth-order valence-corrected chi connectivity index (χ4v) is 2.20. The highest BCUT2D eigenvalue weighted by Crippen LogP contribution is 2.23. The third-order valence-corrected chi connectivity index (χ3v) is 3.13. The first-order valence-electron chi connectivity index (χ1n) is 6.31. The number of hydrogen-bond acceptors (Lipinski definition) is 3. The predicted molar refractivity (Wildman–Crippen MR) is 67.0 cm³/mol. The third kappa shape index (κ3) is 3.07. The molecule has 1 aromatic carbocycles. The van der Waals surface area contributed by atoms with Crippen LogP contribution < -0.4 is 5.32 Å². The van der Waals surface area contributed by atoms with Crippen molar-refractivity contribution in [3.63, 3.8) is 0 Å². The monoisotopic (exact) mass is 233 g/mol. The molecule has 0 aliphatic carbocycles. The van der Waals surface area contributed by atoms with E-state index in [0.717, 1.165) is 6.54 Å². The van der Waals surface area contributed by atoms with E-state index in [9.17, 15) is 4.79 Å². The van der Waals surface area contributed by atoms with E-state index in [2.05, 4.69) is 5.32 Å². The molecule has 1 aliphatic heterocycles. The molecule has 1 heterocycles. The first-order chi connectivity index (χ1) is 8.31. The van der Waals surface area contributed by atoms with Crippen molar-refractivity contribution in [3.8, 4) is 0 Å². The van der Waals surface area contributed by atoms with Gasteiger partial charge in [0.1, 0.15) is 0 Å². The maximum Gasteiger partial charge on any atom is 0.338 e. The molecule has 0 spiro atoms. The summed E-state index contributed by atoms with van der Waals surface area (Å²) in [5.41, 5.74) is 1.89. The van der Waals surface area contributed by atoms with Crippen LogP contribution in [0.5, 0.6) is 0 Å². The molecule has 1 fully saturated rings. The molecule has 1 saturated heterocycles.